The van der Waals surface area contributed by atoms with Crippen molar-refractivity contribution in [3.63, 3.8) is 0 Å². The van der Waals surface area contributed by atoms with E-state index in [0.29, 0.717) is 0 Å². The lowest BCUT2D eigenvalue weighted by atomic mass is 10.2. The first-order valence-electron chi connectivity index (χ1n) is 5.61. The summed E-state index contributed by atoms with van der Waals surface area (Å²) < 4.78 is 5.20. The molecule has 0 amide bonds. The van der Waals surface area contributed by atoms with E-state index in [1.807, 2.05) is 12.1 Å². The standard InChI is InChI=1S/C12H20N2O/c1-3-4-5-6-9-13-12-11(15-2)8-7-10-14-12/h7-8,10H,3-6,9H2,1-2H3,(H,13,14). The lowest BCUT2D eigenvalue weighted by Crippen LogP contribution is -2.04. The van der Waals surface area contributed by atoms with Crippen molar-refractivity contribution in [1.29, 1.82) is 0 Å². The zero-order chi connectivity index (χ0) is 10.9. The molecule has 0 atom stereocenters. The van der Waals surface area contributed by atoms with Crippen molar-refractivity contribution >= 4 is 5.82 Å². The Labute approximate surface area is 91.9 Å². The second-order valence-electron chi connectivity index (χ2n) is 3.54. The Kier molecular flexibility index (Phi) is 5.59. The van der Waals surface area contributed by atoms with Gasteiger partial charge in [0.25, 0.3) is 0 Å². The molecule has 1 aromatic heterocycles. The molecule has 0 aliphatic carbocycles. The molecule has 0 saturated heterocycles. The Morgan fingerprint density at radius 3 is 2.93 bits per heavy atom. The van der Waals surface area contributed by atoms with Crippen LogP contribution in [0, 0.1) is 0 Å². The van der Waals surface area contributed by atoms with E-state index < -0.39 is 0 Å². The highest BCUT2D eigenvalue weighted by Gasteiger charge is 2.00. The quantitative estimate of drug-likeness (QED) is 0.699. The van der Waals surface area contributed by atoms with Crippen LogP contribution < -0.4 is 10.1 Å². The summed E-state index contributed by atoms with van der Waals surface area (Å²) in [4.78, 5) is 4.23. The van der Waals surface area contributed by atoms with Crippen LogP contribution in [0.3, 0.4) is 0 Å². The van der Waals surface area contributed by atoms with Gasteiger partial charge >= 0.3 is 0 Å². The maximum atomic E-state index is 5.20. The van der Waals surface area contributed by atoms with E-state index in [1.165, 1.54) is 25.7 Å². The van der Waals surface area contributed by atoms with Crippen molar-refractivity contribution in [3.05, 3.63) is 18.3 Å². The number of hydrogen-bond acceptors (Lipinski definition) is 3. The molecule has 1 aromatic rings. The molecule has 0 aliphatic rings. The average Bonchev–Trinajstić information content (AvgIpc) is 2.29. The molecule has 3 nitrogen and oxygen atoms in total. The number of nitrogens with one attached hydrogen (secondary N) is 1. The molecular formula is C12H20N2O. The molecule has 15 heavy (non-hydrogen) atoms. The number of unbranched alkanes of at least 4 members (excludes halogenated alkanes) is 3. The minimum Gasteiger partial charge on any atom is -0.493 e. The number of pyridine rings is 1. The van der Waals surface area contributed by atoms with E-state index in [9.17, 15) is 0 Å². The molecule has 0 spiro atoms. The predicted octanol–water partition coefficient (Wildman–Crippen LogP) is 3.08. The highest BCUT2D eigenvalue weighted by molar-refractivity contribution is 5.49. The van der Waals surface area contributed by atoms with E-state index in [2.05, 4.69) is 17.2 Å². The highest BCUT2D eigenvalue weighted by Crippen LogP contribution is 2.19. The van der Waals surface area contributed by atoms with E-state index >= 15 is 0 Å². The van der Waals surface area contributed by atoms with Gasteiger partial charge in [-0.2, -0.15) is 0 Å². The first kappa shape index (κ1) is 11.8. The molecule has 84 valence electrons. The summed E-state index contributed by atoms with van der Waals surface area (Å²) in [5.41, 5.74) is 0. The summed E-state index contributed by atoms with van der Waals surface area (Å²) in [7, 11) is 1.67. The fourth-order valence-electron chi connectivity index (χ4n) is 1.45. The molecule has 0 saturated carbocycles. The summed E-state index contributed by atoms with van der Waals surface area (Å²) in [5, 5.41) is 3.29. The Morgan fingerprint density at radius 2 is 2.20 bits per heavy atom. The van der Waals surface area contributed by atoms with Gasteiger partial charge in [-0.05, 0) is 18.6 Å². The minimum absolute atomic E-state index is 0.813. The van der Waals surface area contributed by atoms with E-state index in [0.717, 1.165) is 18.1 Å². The van der Waals surface area contributed by atoms with Crippen molar-refractivity contribution < 1.29 is 4.74 Å². The molecule has 0 bridgehead atoms. The summed E-state index contributed by atoms with van der Waals surface area (Å²) >= 11 is 0. The van der Waals surface area contributed by atoms with Gasteiger partial charge in [-0.15, -0.1) is 0 Å². The normalized spacial score (nSPS) is 10.0. The maximum absolute atomic E-state index is 5.20. The summed E-state index contributed by atoms with van der Waals surface area (Å²) in [6.07, 6.45) is 6.82. The SMILES string of the molecule is CCCCCCNc1ncccc1OC. The van der Waals surface area contributed by atoms with Crippen molar-refractivity contribution in [2.24, 2.45) is 0 Å². The largest absolute Gasteiger partial charge is 0.493 e. The molecule has 0 aliphatic heterocycles. The molecule has 0 unspecified atom stereocenters. The second-order valence-corrected chi connectivity index (χ2v) is 3.54. The number of aromatic nitrogens is 1. The zero-order valence-electron chi connectivity index (χ0n) is 9.62. The van der Waals surface area contributed by atoms with E-state index in [4.69, 9.17) is 4.74 Å². The van der Waals surface area contributed by atoms with Gasteiger partial charge in [0.1, 0.15) is 0 Å². The molecule has 0 aromatic carbocycles. The first-order chi connectivity index (χ1) is 7.38. The first-order valence-corrected chi connectivity index (χ1v) is 5.61. The monoisotopic (exact) mass is 208 g/mol. The highest BCUT2D eigenvalue weighted by atomic mass is 16.5. The molecule has 0 fully saturated rings. The van der Waals surface area contributed by atoms with Crippen LogP contribution in [0.1, 0.15) is 32.6 Å². The van der Waals surface area contributed by atoms with Gasteiger partial charge in [-0.1, -0.05) is 26.2 Å². The van der Waals surface area contributed by atoms with Crippen LogP contribution >= 0.6 is 0 Å². The van der Waals surface area contributed by atoms with Gasteiger partial charge in [0.05, 0.1) is 7.11 Å². The van der Waals surface area contributed by atoms with Crippen molar-refractivity contribution in [2.75, 3.05) is 19.0 Å². The van der Waals surface area contributed by atoms with Crippen LogP contribution in [-0.2, 0) is 0 Å². The second kappa shape index (κ2) is 7.10. The summed E-state index contributed by atoms with van der Waals surface area (Å²) in [6, 6.07) is 3.79. The number of hydrogen-bond donors (Lipinski definition) is 1. The van der Waals surface area contributed by atoms with Crippen LogP contribution in [0.15, 0.2) is 18.3 Å². The Morgan fingerprint density at radius 1 is 1.33 bits per heavy atom. The number of nitrogens with zero attached hydrogens (tertiary/aromatic N) is 1. The third-order valence-electron chi connectivity index (χ3n) is 2.31. The van der Waals surface area contributed by atoms with Crippen LogP contribution in [-0.4, -0.2) is 18.6 Å². The fraction of sp³-hybridized carbons (Fsp3) is 0.583. The molecule has 0 radical (unpaired) electrons. The predicted molar refractivity (Wildman–Crippen MR) is 63.4 cm³/mol. The van der Waals surface area contributed by atoms with E-state index in [1.54, 1.807) is 13.3 Å². The third-order valence-corrected chi connectivity index (χ3v) is 2.31. The molecule has 1 heterocycles. The van der Waals surface area contributed by atoms with Crippen molar-refractivity contribution in [1.82, 2.24) is 4.98 Å². The minimum atomic E-state index is 0.813. The van der Waals surface area contributed by atoms with Crippen LogP contribution in [0.4, 0.5) is 5.82 Å². The van der Waals surface area contributed by atoms with Gasteiger partial charge in [0.15, 0.2) is 11.6 Å². The fourth-order valence-corrected chi connectivity index (χ4v) is 1.45. The maximum Gasteiger partial charge on any atom is 0.168 e. The average molecular weight is 208 g/mol. The number of ether oxygens (including phenoxy) is 1. The molecule has 1 rings (SSSR count). The summed E-state index contributed by atoms with van der Waals surface area (Å²) in [5.74, 6) is 1.66. The molecule has 1 N–H and O–H groups in total. The number of methoxy groups -OCH3 is 1. The van der Waals surface area contributed by atoms with Gasteiger partial charge < -0.3 is 10.1 Å². The Bertz CT molecular complexity index is 276. The third kappa shape index (κ3) is 4.19. The smallest absolute Gasteiger partial charge is 0.168 e. The van der Waals surface area contributed by atoms with Gasteiger partial charge in [0, 0.05) is 12.7 Å². The lowest BCUT2D eigenvalue weighted by Gasteiger charge is -2.08. The van der Waals surface area contributed by atoms with Gasteiger partial charge in [-0.25, -0.2) is 4.98 Å². The van der Waals surface area contributed by atoms with Gasteiger partial charge in [-0.3, -0.25) is 0 Å². The van der Waals surface area contributed by atoms with Crippen LogP contribution in [0.5, 0.6) is 5.75 Å². The lowest BCUT2D eigenvalue weighted by molar-refractivity contribution is 0.414. The van der Waals surface area contributed by atoms with Gasteiger partial charge in [0.2, 0.25) is 0 Å². The van der Waals surface area contributed by atoms with Crippen LogP contribution in [0.25, 0.3) is 0 Å². The van der Waals surface area contributed by atoms with Crippen molar-refractivity contribution in [2.45, 2.75) is 32.6 Å². The van der Waals surface area contributed by atoms with E-state index in [-0.39, 0.29) is 0 Å². The molecular weight excluding hydrogens is 188 g/mol. The van der Waals surface area contributed by atoms with Crippen molar-refractivity contribution in [3.8, 4) is 5.75 Å². The molecule has 3 heteroatoms. The number of anilines is 1. The Balaban J connectivity index is 2.30. The topological polar surface area (TPSA) is 34.2 Å². The van der Waals surface area contributed by atoms with Crippen LogP contribution in [0.2, 0.25) is 0 Å². The summed E-state index contributed by atoms with van der Waals surface area (Å²) in [6.45, 7) is 3.18. The zero-order valence-corrected chi connectivity index (χ0v) is 9.62. The Hall–Kier alpha value is -1.25. The number of rotatable bonds is 7.